The molecule has 0 saturated heterocycles. The van der Waals surface area contributed by atoms with E-state index in [2.05, 4.69) is 16.4 Å². The molecule has 150 valence electrons. The van der Waals surface area contributed by atoms with Gasteiger partial charge in [-0.05, 0) is 44.5 Å². The number of rotatable bonds is 4. The van der Waals surface area contributed by atoms with Crippen molar-refractivity contribution in [3.63, 3.8) is 0 Å². The summed E-state index contributed by atoms with van der Waals surface area (Å²) in [4.78, 5) is 13.8. The van der Waals surface area contributed by atoms with Crippen LogP contribution in [0.5, 0.6) is 0 Å². The molecular weight excluding hydrogens is 380 g/mol. The van der Waals surface area contributed by atoms with Gasteiger partial charge in [0.15, 0.2) is 5.76 Å². The lowest BCUT2D eigenvalue weighted by molar-refractivity contribution is -0.384. The first-order valence-electron chi connectivity index (χ1n) is 9.45. The molecule has 7 nitrogen and oxygen atoms in total. The summed E-state index contributed by atoms with van der Waals surface area (Å²) in [5.41, 5.74) is 3.02. The zero-order valence-corrected chi connectivity index (χ0v) is 16.8. The van der Waals surface area contributed by atoms with Crippen molar-refractivity contribution in [3.8, 4) is 28.5 Å². The number of anilines is 1. The molecule has 0 aliphatic heterocycles. The van der Waals surface area contributed by atoms with Gasteiger partial charge >= 0.3 is 0 Å². The van der Waals surface area contributed by atoms with E-state index in [9.17, 15) is 15.4 Å². The first-order valence-corrected chi connectivity index (χ1v) is 9.45. The summed E-state index contributed by atoms with van der Waals surface area (Å²) in [6, 6.07) is 16.2. The fourth-order valence-electron chi connectivity index (χ4n) is 3.44. The molecule has 2 aromatic heterocycles. The molecule has 0 atom stereocenters. The van der Waals surface area contributed by atoms with Crippen molar-refractivity contribution in [2.45, 2.75) is 26.3 Å². The van der Waals surface area contributed by atoms with E-state index in [1.807, 2.05) is 51.2 Å². The number of benzene rings is 2. The lowest BCUT2D eigenvalue weighted by atomic mass is 9.99. The van der Waals surface area contributed by atoms with Crippen LogP contribution in [0.1, 0.15) is 26.3 Å². The Labute approximate surface area is 173 Å². The number of H-pyrrole nitrogens is 1. The minimum absolute atomic E-state index is 0.0112. The fourth-order valence-corrected chi connectivity index (χ4v) is 3.44. The molecule has 0 amide bonds. The van der Waals surface area contributed by atoms with E-state index >= 15 is 0 Å². The largest absolute Gasteiger partial charge is 0.439 e. The number of para-hydroxylation sites is 1. The van der Waals surface area contributed by atoms with Crippen molar-refractivity contribution in [1.29, 1.82) is 5.26 Å². The van der Waals surface area contributed by atoms with E-state index in [4.69, 9.17) is 4.42 Å². The highest BCUT2D eigenvalue weighted by molar-refractivity contribution is 5.98. The molecule has 0 spiro atoms. The highest BCUT2D eigenvalue weighted by atomic mass is 16.6. The SMILES string of the molecule is CC(C)(C)Nc1oc(-c2c[nH]c3ccccc23)c(C#N)c1-c1ccc([N+](=O)[O-])cc1. The molecule has 0 fully saturated rings. The Morgan fingerprint density at radius 1 is 1.13 bits per heavy atom. The maximum Gasteiger partial charge on any atom is 0.269 e. The molecule has 0 bridgehead atoms. The average molecular weight is 400 g/mol. The molecule has 30 heavy (non-hydrogen) atoms. The number of fused-ring (bicyclic) bond motifs is 1. The molecule has 0 saturated carbocycles. The van der Waals surface area contributed by atoms with E-state index in [-0.39, 0.29) is 11.2 Å². The van der Waals surface area contributed by atoms with Gasteiger partial charge in [-0.25, -0.2) is 0 Å². The van der Waals surface area contributed by atoms with Crippen molar-refractivity contribution in [3.05, 3.63) is 70.4 Å². The van der Waals surface area contributed by atoms with E-state index in [0.29, 0.717) is 28.3 Å². The molecular formula is C23H20N4O3. The second-order valence-corrected chi connectivity index (χ2v) is 8.05. The maximum absolute atomic E-state index is 11.0. The minimum atomic E-state index is -0.448. The molecule has 0 unspecified atom stereocenters. The number of aromatic amines is 1. The summed E-state index contributed by atoms with van der Waals surface area (Å²) in [7, 11) is 0. The van der Waals surface area contributed by atoms with Gasteiger partial charge in [0.1, 0.15) is 11.6 Å². The minimum Gasteiger partial charge on any atom is -0.439 e. The van der Waals surface area contributed by atoms with Crippen LogP contribution >= 0.6 is 0 Å². The second-order valence-electron chi connectivity index (χ2n) is 8.05. The van der Waals surface area contributed by atoms with Gasteiger partial charge in [0.2, 0.25) is 5.88 Å². The van der Waals surface area contributed by atoms with Gasteiger partial charge in [0, 0.05) is 40.3 Å². The zero-order chi connectivity index (χ0) is 21.5. The zero-order valence-electron chi connectivity index (χ0n) is 16.8. The van der Waals surface area contributed by atoms with Gasteiger partial charge in [0.05, 0.1) is 10.5 Å². The van der Waals surface area contributed by atoms with E-state index in [1.54, 1.807) is 12.1 Å². The topological polar surface area (TPSA) is 108 Å². The Hall–Kier alpha value is -4.05. The van der Waals surface area contributed by atoms with E-state index < -0.39 is 4.92 Å². The first kappa shape index (κ1) is 19.3. The van der Waals surface area contributed by atoms with E-state index in [0.717, 1.165) is 16.5 Å². The lowest BCUT2D eigenvalue weighted by Gasteiger charge is -2.21. The molecule has 2 N–H and O–H groups in total. The number of aromatic nitrogens is 1. The van der Waals surface area contributed by atoms with Crippen molar-refractivity contribution in [2.75, 3.05) is 5.32 Å². The summed E-state index contributed by atoms with van der Waals surface area (Å²) in [6.07, 6.45) is 1.82. The molecule has 0 aliphatic rings. The first-order chi connectivity index (χ1) is 14.3. The fraction of sp³-hybridized carbons (Fsp3) is 0.174. The van der Waals surface area contributed by atoms with Gasteiger partial charge < -0.3 is 14.7 Å². The van der Waals surface area contributed by atoms with Crippen LogP contribution in [-0.2, 0) is 0 Å². The Morgan fingerprint density at radius 3 is 2.47 bits per heavy atom. The van der Waals surface area contributed by atoms with E-state index in [1.165, 1.54) is 12.1 Å². The monoisotopic (exact) mass is 400 g/mol. The summed E-state index contributed by atoms with van der Waals surface area (Å²) in [5, 5.41) is 25.3. The Bertz CT molecular complexity index is 1280. The van der Waals surface area contributed by atoms with Crippen molar-refractivity contribution >= 4 is 22.5 Å². The highest BCUT2D eigenvalue weighted by Gasteiger charge is 2.27. The van der Waals surface area contributed by atoms with Crippen LogP contribution in [0.4, 0.5) is 11.6 Å². The molecule has 0 radical (unpaired) electrons. The molecule has 0 aliphatic carbocycles. The number of nitrogens with one attached hydrogen (secondary N) is 2. The number of hydrogen-bond acceptors (Lipinski definition) is 5. The number of nitrogens with zero attached hydrogens (tertiary/aromatic N) is 2. The van der Waals surface area contributed by atoms with Crippen LogP contribution < -0.4 is 5.32 Å². The number of hydrogen-bond donors (Lipinski definition) is 2. The Kier molecular flexibility index (Phi) is 4.55. The summed E-state index contributed by atoms with van der Waals surface area (Å²) in [5.74, 6) is 0.906. The number of nitro benzene ring substituents is 1. The molecule has 4 aromatic rings. The smallest absolute Gasteiger partial charge is 0.269 e. The number of non-ortho nitro benzene ring substituents is 1. The van der Waals surface area contributed by atoms with Crippen LogP contribution in [0, 0.1) is 21.4 Å². The van der Waals surface area contributed by atoms with Crippen LogP contribution in [-0.4, -0.2) is 15.4 Å². The van der Waals surface area contributed by atoms with Crippen molar-refractivity contribution in [1.82, 2.24) is 4.98 Å². The predicted molar refractivity (Wildman–Crippen MR) is 116 cm³/mol. The molecule has 7 heteroatoms. The summed E-state index contributed by atoms with van der Waals surface area (Å²) < 4.78 is 6.21. The number of furan rings is 1. The third kappa shape index (κ3) is 3.40. The average Bonchev–Trinajstić information content (AvgIpc) is 3.27. The molecule has 4 rings (SSSR count). The lowest BCUT2D eigenvalue weighted by Crippen LogP contribution is -2.26. The van der Waals surface area contributed by atoms with Crippen molar-refractivity contribution < 1.29 is 9.34 Å². The number of nitriles is 1. The Morgan fingerprint density at radius 2 is 1.83 bits per heavy atom. The molecule has 2 heterocycles. The van der Waals surface area contributed by atoms with Crippen LogP contribution in [0.3, 0.4) is 0 Å². The third-order valence-electron chi connectivity index (χ3n) is 4.71. The van der Waals surface area contributed by atoms with Gasteiger partial charge in [-0.1, -0.05) is 18.2 Å². The normalized spacial score (nSPS) is 11.4. The van der Waals surface area contributed by atoms with Crippen LogP contribution in [0.15, 0.2) is 59.1 Å². The van der Waals surface area contributed by atoms with Crippen LogP contribution in [0.2, 0.25) is 0 Å². The third-order valence-corrected chi connectivity index (χ3v) is 4.71. The second kappa shape index (κ2) is 7.08. The van der Waals surface area contributed by atoms with Gasteiger partial charge in [-0.15, -0.1) is 0 Å². The standard InChI is InChI=1S/C23H20N4O3/c1-23(2,3)26-22-20(14-8-10-15(11-9-14)27(28)29)17(12-24)21(30-22)18-13-25-19-7-5-4-6-16(18)19/h4-11,13,25-26H,1-3H3. The van der Waals surface area contributed by atoms with Crippen LogP contribution in [0.25, 0.3) is 33.4 Å². The predicted octanol–water partition coefficient (Wildman–Crippen LogP) is 6.09. The van der Waals surface area contributed by atoms with Gasteiger partial charge in [-0.2, -0.15) is 5.26 Å². The quantitative estimate of drug-likeness (QED) is 0.318. The van der Waals surface area contributed by atoms with Crippen molar-refractivity contribution in [2.24, 2.45) is 0 Å². The van der Waals surface area contributed by atoms with Gasteiger partial charge in [0.25, 0.3) is 5.69 Å². The molecule has 2 aromatic carbocycles. The summed E-state index contributed by atoms with van der Waals surface area (Å²) in [6.45, 7) is 5.98. The van der Waals surface area contributed by atoms with Gasteiger partial charge in [-0.3, -0.25) is 10.1 Å². The maximum atomic E-state index is 11.0. The summed E-state index contributed by atoms with van der Waals surface area (Å²) >= 11 is 0. The highest BCUT2D eigenvalue weighted by Crippen LogP contribution is 2.44. The number of nitro groups is 1. The Balaban J connectivity index is 1.96.